The van der Waals surface area contributed by atoms with Crippen LogP contribution < -0.4 is 16.6 Å². The van der Waals surface area contributed by atoms with Crippen molar-refractivity contribution in [3.8, 4) is 0 Å². The third-order valence-electron chi connectivity index (χ3n) is 4.81. The van der Waals surface area contributed by atoms with Gasteiger partial charge in [0.15, 0.2) is 0 Å². The van der Waals surface area contributed by atoms with Crippen molar-refractivity contribution in [3.63, 3.8) is 0 Å². The molecule has 0 aliphatic carbocycles. The van der Waals surface area contributed by atoms with Crippen molar-refractivity contribution in [1.82, 2.24) is 19.8 Å². The molecule has 0 bridgehead atoms. The number of aromatic nitrogens is 2. The quantitative estimate of drug-likeness (QED) is 0.520. The van der Waals surface area contributed by atoms with Gasteiger partial charge in [-0.25, -0.2) is 4.79 Å². The van der Waals surface area contributed by atoms with Crippen LogP contribution in [0.4, 0.5) is 0 Å². The van der Waals surface area contributed by atoms with E-state index in [4.69, 9.17) is 4.74 Å². The maximum Gasteiger partial charge on any atom is 0.330 e. The highest BCUT2D eigenvalue weighted by molar-refractivity contribution is 8.00. The van der Waals surface area contributed by atoms with Crippen LogP contribution in [0.5, 0.6) is 0 Å². The number of aliphatic hydroxyl groups is 1. The molecule has 4 atom stereocenters. The average molecular weight is 398 g/mol. The summed E-state index contributed by atoms with van der Waals surface area (Å²) in [6, 6.07) is 0.610. The maximum atomic E-state index is 12.5. The number of H-pyrrole nitrogens is 1. The van der Waals surface area contributed by atoms with E-state index in [-0.39, 0.29) is 18.9 Å². The summed E-state index contributed by atoms with van der Waals surface area (Å²) in [6.45, 7) is 3.79. The van der Waals surface area contributed by atoms with Crippen LogP contribution in [-0.2, 0) is 14.3 Å². The first-order chi connectivity index (χ1) is 12.7. The van der Waals surface area contributed by atoms with Crippen molar-refractivity contribution in [2.24, 2.45) is 0 Å². The van der Waals surface area contributed by atoms with E-state index in [0.717, 1.165) is 0 Å². The molecule has 148 valence electrons. The fourth-order valence-corrected chi connectivity index (χ4v) is 4.46. The molecule has 2 amide bonds. The number of nitrogens with zero attached hydrogens (tertiary/aromatic N) is 2. The number of nitrogens with one attached hydrogen (secondary N) is 2. The Hall–Kier alpha value is -2.11. The van der Waals surface area contributed by atoms with Crippen molar-refractivity contribution in [2.75, 3.05) is 12.3 Å². The van der Waals surface area contributed by atoms with E-state index in [0.29, 0.717) is 12.2 Å². The molecule has 3 N–H and O–H groups in total. The van der Waals surface area contributed by atoms with Gasteiger partial charge in [0.05, 0.1) is 11.0 Å². The summed E-state index contributed by atoms with van der Waals surface area (Å²) >= 11 is 1.51. The predicted octanol–water partition coefficient (Wildman–Crippen LogP) is -1.39. The van der Waals surface area contributed by atoms with E-state index in [9.17, 15) is 24.3 Å². The lowest BCUT2D eigenvalue weighted by Gasteiger charge is -2.30. The molecule has 2 aliphatic rings. The first-order valence-corrected chi connectivity index (χ1v) is 9.52. The number of carbonyl (C=O) groups excluding carboxylic acids is 2. The SMILES string of the molecule is CC1(C)SC[C@@H](C(=O)NC[C@H]2O[C@@H](n3ccc(=O)[nH]c3=O)C[C@@H]2O)N1C=O. The molecule has 3 rings (SSSR count). The summed E-state index contributed by atoms with van der Waals surface area (Å²) in [5.74, 6) is 0.168. The molecule has 0 radical (unpaired) electrons. The maximum absolute atomic E-state index is 12.5. The molecule has 0 unspecified atom stereocenters. The highest BCUT2D eigenvalue weighted by Crippen LogP contribution is 2.37. The molecule has 27 heavy (non-hydrogen) atoms. The van der Waals surface area contributed by atoms with E-state index in [1.807, 2.05) is 13.8 Å². The second kappa shape index (κ2) is 7.49. The molecule has 2 aliphatic heterocycles. The van der Waals surface area contributed by atoms with Crippen molar-refractivity contribution < 1.29 is 19.4 Å². The summed E-state index contributed by atoms with van der Waals surface area (Å²) in [5, 5.41) is 12.9. The van der Waals surface area contributed by atoms with Crippen LogP contribution in [0, 0.1) is 0 Å². The molecule has 0 aromatic carbocycles. The van der Waals surface area contributed by atoms with Crippen LogP contribution in [-0.4, -0.2) is 67.3 Å². The number of carbonyl (C=O) groups is 2. The Kier molecular flexibility index (Phi) is 5.45. The van der Waals surface area contributed by atoms with Crippen LogP contribution in [0.1, 0.15) is 26.5 Å². The van der Waals surface area contributed by atoms with E-state index in [1.165, 1.54) is 33.5 Å². The lowest BCUT2D eigenvalue weighted by molar-refractivity contribution is -0.134. The van der Waals surface area contributed by atoms with E-state index < -0.39 is 40.6 Å². The standard InChI is InChI=1S/C16H22N4O6S/c1-16(2)20(8-21)9(7-27-16)14(24)17-6-11-10(22)5-13(26-11)19-4-3-12(23)18-15(19)25/h3-4,8-11,13,22H,5-7H2,1-2H3,(H,17,24)(H,18,23,25)/t9-,10-,11+,13+/m0/s1. The summed E-state index contributed by atoms with van der Waals surface area (Å²) in [5.41, 5.74) is -1.15. The van der Waals surface area contributed by atoms with E-state index in [2.05, 4.69) is 10.3 Å². The molecular formula is C16H22N4O6S. The van der Waals surface area contributed by atoms with Gasteiger partial charge in [-0.05, 0) is 13.8 Å². The van der Waals surface area contributed by atoms with Gasteiger partial charge in [-0.3, -0.25) is 23.9 Å². The van der Waals surface area contributed by atoms with Crippen molar-refractivity contribution in [3.05, 3.63) is 33.1 Å². The predicted molar refractivity (Wildman–Crippen MR) is 97.1 cm³/mol. The fourth-order valence-electron chi connectivity index (χ4n) is 3.26. The number of amides is 2. The second-order valence-corrected chi connectivity index (χ2v) is 8.60. The van der Waals surface area contributed by atoms with Gasteiger partial charge in [0.25, 0.3) is 5.56 Å². The zero-order valence-electron chi connectivity index (χ0n) is 15.0. The van der Waals surface area contributed by atoms with Crippen molar-refractivity contribution in [2.45, 2.75) is 49.6 Å². The largest absolute Gasteiger partial charge is 0.390 e. The van der Waals surface area contributed by atoms with E-state index >= 15 is 0 Å². The Labute approximate surface area is 158 Å². The minimum absolute atomic E-state index is 0.0445. The topological polar surface area (TPSA) is 134 Å². The van der Waals surface area contributed by atoms with Gasteiger partial charge in [-0.15, -0.1) is 11.8 Å². The normalized spacial score (nSPS) is 29.7. The zero-order chi connectivity index (χ0) is 19.8. The summed E-state index contributed by atoms with van der Waals surface area (Å²) in [4.78, 5) is 49.9. The Morgan fingerprint density at radius 3 is 2.93 bits per heavy atom. The van der Waals surface area contributed by atoms with Gasteiger partial charge in [-0.1, -0.05) is 0 Å². The van der Waals surface area contributed by atoms with Gasteiger partial charge in [0.2, 0.25) is 12.3 Å². The molecule has 0 saturated carbocycles. The fraction of sp³-hybridized carbons (Fsp3) is 0.625. The molecular weight excluding hydrogens is 376 g/mol. The molecule has 1 aromatic heterocycles. The van der Waals surface area contributed by atoms with Gasteiger partial charge in [0, 0.05) is 31.0 Å². The van der Waals surface area contributed by atoms with Crippen LogP contribution in [0.15, 0.2) is 21.9 Å². The number of aromatic amines is 1. The molecule has 3 heterocycles. The van der Waals surface area contributed by atoms with Gasteiger partial charge >= 0.3 is 5.69 Å². The minimum Gasteiger partial charge on any atom is -0.390 e. The number of aliphatic hydroxyl groups excluding tert-OH is 1. The van der Waals surface area contributed by atoms with Crippen LogP contribution in [0.25, 0.3) is 0 Å². The molecule has 2 fully saturated rings. The Balaban J connectivity index is 1.60. The Morgan fingerprint density at radius 1 is 1.52 bits per heavy atom. The lowest BCUT2D eigenvalue weighted by atomic mass is 10.1. The first-order valence-electron chi connectivity index (χ1n) is 8.53. The molecule has 10 nitrogen and oxygen atoms in total. The molecule has 11 heteroatoms. The van der Waals surface area contributed by atoms with Crippen LogP contribution in [0.3, 0.4) is 0 Å². The molecule has 2 saturated heterocycles. The lowest BCUT2D eigenvalue weighted by Crippen LogP contribution is -2.51. The summed E-state index contributed by atoms with van der Waals surface area (Å²) in [6.07, 6.45) is -0.198. The number of rotatable bonds is 5. The number of thioether (sulfide) groups is 1. The number of hydrogen-bond acceptors (Lipinski definition) is 7. The Bertz CT molecular complexity index is 837. The smallest absolute Gasteiger partial charge is 0.330 e. The minimum atomic E-state index is -0.884. The van der Waals surface area contributed by atoms with Crippen LogP contribution in [0.2, 0.25) is 0 Å². The summed E-state index contributed by atoms with van der Waals surface area (Å²) < 4.78 is 6.87. The van der Waals surface area contributed by atoms with Gasteiger partial charge in [0.1, 0.15) is 18.4 Å². The van der Waals surface area contributed by atoms with Gasteiger partial charge < -0.3 is 20.1 Å². The summed E-state index contributed by atoms with van der Waals surface area (Å²) in [7, 11) is 0. The monoisotopic (exact) mass is 398 g/mol. The van der Waals surface area contributed by atoms with Crippen molar-refractivity contribution in [1.29, 1.82) is 0 Å². The molecule has 1 aromatic rings. The molecule has 0 spiro atoms. The third kappa shape index (κ3) is 3.94. The third-order valence-corrected chi connectivity index (χ3v) is 6.21. The highest BCUT2D eigenvalue weighted by atomic mass is 32.2. The highest BCUT2D eigenvalue weighted by Gasteiger charge is 2.43. The van der Waals surface area contributed by atoms with Crippen molar-refractivity contribution >= 4 is 24.1 Å². The first kappa shape index (κ1) is 19.6. The second-order valence-electron chi connectivity index (χ2n) is 6.98. The van der Waals surface area contributed by atoms with Gasteiger partial charge in [-0.2, -0.15) is 0 Å². The average Bonchev–Trinajstić information content (AvgIpc) is 3.11. The Morgan fingerprint density at radius 2 is 2.26 bits per heavy atom. The number of ether oxygens (including phenoxy) is 1. The van der Waals surface area contributed by atoms with E-state index in [1.54, 1.807) is 0 Å². The van der Waals surface area contributed by atoms with Crippen LogP contribution >= 0.6 is 11.8 Å². The zero-order valence-corrected chi connectivity index (χ0v) is 15.8. The number of hydrogen-bond donors (Lipinski definition) is 3.